The predicted molar refractivity (Wildman–Crippen MR) is 104 cm³/mol. The number of hydrogen-bond donors (Lipinski definition) is 2. The molecule has 4 heterocycles. The van der Waals surface area contributed by atoms with E-state index in [1.165, 1.54) is 16.6 Å². The number of aromatic nitrogens is 2. The molecule has 148 valence electrons. The third-order valence-electron chi connectivity index (χ3n) is 6.53. The number of nitrogens with one attached hydrogen (secondary N) is 2. The van der Waals surface area contributed by atoms with Gasteiger partial charge in [0.25, 0.3) is 0 Å². The van der Waals surface area contributed by atoms with E-state index < -0.39 is 11.9 Å². The van der Waals surface area contributed by atoms with Gasteiger partial charge in [-0.1, -0.05) is 6.07 Å². The van der Waals surface area contributed by atoms with Gasteiger partial charge in [-0.25, -0.2) is 4.79 Å². The lowest BCUT2D eigenvalue weighted by Gasteiger charge is -2.27. The number of likely N-dealkylation sites (tertiary alicyclic amines) is 1. The van der Waals surface area contributed by atoms with Gasteiger partial charge in [0.1, 0.15) is 6.04 Å². The van der Waals surface area contributed by atoms with Crippen molar-refractivity contribution in [1.29, 1.82) is 0 Å². The number of nitrogens with zero attached hydrogens (tertiary/aromatic N) is 3. The Morgan fingerprint density at radius 3 is 2.75 bits per heavy atom. The number of fused-ring (bicyclic) bond motifs is 3. The van der Waals surface area contributed by atoms with Crippen LogP contribution in [0.5, 0.6) is 0 Å². The molecule has 8 nitrogen and oxygen atoms in total. The monoisotopic (exact) mass is 383 g/mol. The van der Waals surface area contributed by atoms with E-state index in [0.29, 0.717) is 18.5 Å². The predicted octanol–water partition coefficient (Wildman–Crippen LogP) is -0.0937. The lowest BCUT2D eigenvalue weighted by Crippen LogP contribution is -2.44. The fourth-order valence-corrected chi connectivity index (χ4v) is 4.99. The van der Waals surface area contributed by atoms with E-state index in [1.807, 2.05) is 6.07 Å². The third kappa shape index (κ3) is 2.79. The highest BCUT2D eigenvalue weighted by Crippen LogP contribution is 2.25. The van der Waals surface area contributed by atoms with E-state index in [4.69, 9.17) is 0 Å². The SMILES string of the molecule is Cn1c(=O)n(C2CCC(=O)NC2=O)c2ccc(CCN3CC4C[C@@H]3CN4)cc21. The normalized spacial score (nSPS) is 27.7. The Balaban J connectivity index is 1.41. The van der Waals surface area contributed by atoms with Crippen LogP contribution >= 0.6 is 0 Å². The molecule has 8 heteroatoms. The van der Waals surface area contributed by atoms with Crippen LogP contribution in [0.2, 0.25) is 0 Å². The third-order valence-corrected chi connectivity index (χ3v) is 6.53. The zero-order valence-electron chi connectivity index (χ0n) is 16.0. The smallest absolute Gasteiger partial charge is 0.311 e. The van der Waals surface area contributed by atoms with Crippen molar-refractivity contribution in [3.05, 3.63) is 34.2 Å². The van der Waals surface area contributed by atoms with E-state index in [1.54, 1.807) is 11.6 Å². The number of carbonyl (C=O) groups is 2. The minimum atomic E-state index is -0.632. The molecule has 3 atom stereocenters. The van der Waals surface area contributed by atoms with Gasteiger partial charge in [-0.3, -0.25) is 28.9 Å². The standard InChI is InChI=1S/C20H25N5O3/c1-23-17-8-12(6-7-24-11-13-9-14(24)10-21-13)2-3-15(17)25(20(23)28)16-4-5-18(26)22-19(16)27/h2-3,8,13-14,16,21H,4-7,9-11H2,1H3,(H,22,26,27)/t13?,14-,16?/m1/s1. The van der Waals surface area contributed by atoms with Gasteiger partial charge in [0.15, 0.2) is 0 Å². The van der Waals surface area contributed by atoms with Crippen LogP contribution in [-0.2, 0) is 23.1 Å². The van der Waals surface area contributed by atoms with E-state index >= 15 is 0 Å². The Kier molecular flexibility index (Phi) is 4.13. The Labute approximate surface area is 162 Å². The first-order valence-corrected chi connectivity index (χ1v) is 10.0. The largest absolute Gasteiger partial charge is 0.329 e. The molecular weight excluding hydrogens is 358 g/mol. The summed E-state index contributed by atoms with van der Waals surface area (Å²) in [6.45, 7) is 3.24. The molecule has 0 spiro atoms. The Morgan fingerprint density at radius 2 is 2.04 bits per heavy atom. The second-order valence-electron chi connectivity index (χ2n) is 8.24. The maximum atomic E-state index is 12.8. The van der Waals surface area contributed by atoms with Crippen LogP contribution in [0.25, 0.3) is 11.0 Å². The molecule has 3 aliphatic heterocycles. The summed E-state index contributed by atoms with van der Waals surface area (Å²) < 4.78 is 3.14. The fraction of sp³-hybridized carbons (Fsp3) is 0.550. The van der Waals surface area contributed by atoms with Gasteiger partial charge < -0.3 is 5.32 Å². The molecule has 2 aromatic rings. The number of imidazole rings is 1. The molecule has 5 rings (SSSR count). The van der Waals surface area contributed by atoms with Crippen LogP contribution in [0, 0.1) is 0 Å². The molecule has 0 saturated carbocycles. The maximum Gasteiger partial charge on any atom is 0.329 e. The molecule has 3 aliphatic rings. The van der Waals surface area contributed by atoms with E-state index in [-0.39, 0.29) is 18.0 Å². The van der Waals surface area contributed by atoms with E-state index in [2.05, 4.69) is 27.7 Å². The first kappa shape index (κ1) is 17.6. The number of amides is 2. The van der Waals surface area contributed by atoms with Crippen LogP contribution in [-0.4, -0.2) is 57.6 Å². The van der Waals surface area contributed by atoms with Crippen LogP contribution in [0.3, 0.4) is 0 Å². The number of imide groups is 1. The van der Waals surface area contributed by atoms with Crippen molar-refractivity contribution in [2.45, 2.75) is 43.8 Å². The Morgan fingerprint density at radius 1 is 1.18 bits per heavy atom. The lowest BCUT2D eigenvalue weighted by atomic mass is 10.1. The molecule has 0 radical (unpaired) electrons. The molecule has 2 unspecified atom stereocenters. The summed E-state index contributed by atoms with van der Waals surface area (Å²) in [5.74, 6) is -0.671. The van der Waals surface area contributed by atoms with Gasteiger partial charge in [0, 0.05) is 45.2 Å². The van der Waals surface area contributed by atoms with Crippen molar-refractivity contribution in [3.63, 3.8) is 0 Å². The number of aryl methyl sites for hydroxylation is 1. The number of carbonyl (C=O) groups excluding carboxylic acids is 2. The van der Waals surface area contributed by atoms with Crippen molar-refractivity contribution in [2.24, 2.45) is 7.05 Å². The van der Waals surface area contributed by atoms with E-state index in [0.717, 1.165) is 37.1 Å². The van der Waals surface area contributed by atoms with Gasteiger partial charge in [-0.05, 0) is 37.0 Å². The second-order valence-corrected chi connectivity index (χ2v) is 8.24. The van der Waals surface area contributed by atoms with Crippen molar-refractivity contribution >= 4 is 22.8 Å². The molecule has 2 N–H and O–H groups in total. The number of rotatable bonds is 4. The van der Waals surface area contributed by atoms with Gasteiger partial charge in [-0.15, -0.1) is 0 Å². The second kappa shape index (κ2) is 6.56. The summed E-state index contributed by atoms with van der Waals surface area (Å²) in [6.07, 6.45) is 2.81. The van der Waals surface area contributed by atoms with Crippen LogP contribution < -0.4 is 16.3 Å². The van der Waals surface area contributed by atoms with Gasteiger partial charge in [-0.2, -0.15) is 0 Å². The molecule has 3 fully saturated rings. The molecule has 2 amide bonds. The summed E-state index contributed by atoms with van der Waals surface area (Å²) in [5.41, 5.74) is 2.55. The van der Waals surface area contributed by atoms with E-state index in [9.17, 15) is 14.4 Å². The molecule has 3 saturated heterocycles. The minimum absolute atomic E-state index is 0.218. The van der Waals surface area contributed by atoms with Crippen LogP contribution in [0.15, 0.2) is 23.0 Å². The minimum Gasteiger partial charge on any atom is -0.311 e. The van der Waals surface area contributed by atoms with Gasteiger partial charge in [0.2, 0.25) is 11.8 Å². The van der Waals surface area contributed by atoms with Gasteiger partial charge in [0.05, 0.1) is 11.0 Å². The van der Waals surface area contributed by atoms with Crippen LogP contribution in [0.4, 0.5) is 0 Å². The highest BCUT2D eigenvalue weighted by atomic mass is 16.2. The number of benzene rings is 1. The lowest BCUT2D eigenvalue weighted by molar-refractivity contribution is -0.135. The zero-order valence-corrected chi connectivity index (χ0v) is 16.0. The molecular formula is C20H25N5O3. The molecule has 0 aliphatic carbocycles. The number of piperidine rings is 1. The average molecular weight is 383 g/mol. The maximum absolute atomic E-state index is 12.8. The summed E-state index contributed by atoms with van der Waals surface area (Å²) in [6, 6.07) is 6.73. The van der Waals surface area contributed by atoms with Gasteiger partial charge >= 0.3 is 5.69 Å². The Bertz CT molecular complexity index is 1020. The van der Waals surface area contributed by atoms with Crippen molar-refractivity contribution in [2.75, 3.05) is 19.6 Å². The summed E-state index contributed by atoms with van der Waals surface area (Å²) in [5, 5.41) is 5.87. The topological polar surface area (TPSA) is 88.4 Å². The highest BCUT2D eigenvalue weighted by molar-refractivity contribution is 6.00. The Hall–Kier alpha value is -2.45. The molecule has 1 aromatic heterocycles. The zero-order chi connectivity index (χ0) is 19.4. The van der Waals surface area contributed by atoms with Crippen molar-refractivity contribution in [3.8, 4) is 0 Å². The first-order valence-electron chi connectivity index (χ1n) is 10.0. The molecule has 28 heavy (non-hydrogen) atoms. The molecule has 1 aromatic carbocycles. The summed E-state index contributed by atoms with van der Waals surface area (Å²) >= 11 is 0. The van der Waals surface area contributed by atoms with Crippen molar-refractivity contribution < 1.29 is 9.59 Å². The number of piperazine rings is 1. The van der Waals surface area contributed by atoms with Crippen molar-refractivity contribution in [1.82, 2.24) is 24.7 Å². The summed E-state index contributed by atoms with van der Waals surface area (Å²) in [4.78, 5) is 39.1. The fourth-order valence-electron chi connectivity index (χ4n) is 4.99. The average Bonchev–Trinajstić information content (AvgIpc) is 3.36. The first-order chi connectivity index (χ1) is 13.5. The quantitative estimate of drug-likeness (QED) is 0.721. The number of hydrogen-bond acceptors (Lipinski definition) is 5. The molecule has 2 bridgehead atoms. The summed E-state index contributed by atoms with van der Waals surface area (Å²) in [7, 11) is 1.74. The highest BCUT2D eigenvalue weighted by Gasteiger charge is 2.37. The van der Waals surface area contributed by atoms with Crippen LogP contribution in [0.1, 0.15) is 30.9 Å².